The number of rotatable bonds is 5. The molecule has 0 heterocycles. The van der Waals surface area contributed by atoms with Crippen molar-refractivity contribution in [2.75, 3.05) is 5.88 Å². The molecular formula is C15H24ClN. The van der Waals surface area contributed by atoms with Crippen molar-refractivity contribution in [3.63, 3.8) is 0 Å². The summed E-state index contributed by atoms with van der Waals surface area (Å²) >= 11 is 5.81. The van der Waals surface area contributed by atoms with Crippen LogP contribution in [0.25, 0.3) is 0 Å². The van der Waals surface area contributed by atoms with Crippen LogP contribution in [0, 0.1) is 20.8 Å². The van der Waals surface area contributed by atoms with Crippen molar-refractivity contribution in [1.82, 2.24) is 5.32 Å². The second-order valence-electron chi connectivity index (χ2n) is 5.55. The topological polar surface area (TPSA) is 12.0 Å². The van der Waals surface area contributed by atoms with Gasteiger partial charge in [-0.05, 0) is 57.7 Å². The third-order valence-corrected chi connectivity index (χ3v) is 3.49. The molecule has 1 aromatic rings. The molecule has 0 saturated carbocycles. The smallest absolute Gasteiger partial charge is 0.0240 e. The van der Waals surface area contributed by atoms with Gasteiger partial charge in [0.15, 0.2) is 0 Å². The highest BCUT2D eigenvalue weighted by atomic mass is 35.5. The highest BCUT2D eigenvalue weighted by Crippen LogP contribution is 2.18. The lowest BCUT2D eigenvalue weighted by Crippen LogP contribution is -2.39. The Kier molecular flexibility index (Phi) is 5.03. The van der Waals surface area contributed by atoms with Crippen molar-refractivity contribution in [1.29, 1.82) is 0 Å². The second-order valence-corrected chi connectivity index (χ2v) is 5.93. The molecule has 1 rings (SSSR count). The van der Waals surface area contributed by atoms with Crippen LogP contribution in [0.1, 0.15) is 42.5 Å². The van der Waals surface area contributed by atoms with Gasteiger partial charge in [-0.25, -0.2) is 0 Å². The summed E-state index contributed by atoms with van der Waals surface area (Å²) in [6.07, 6.45) is 0.985. The zero-order valence-electron chi connectivity index (χ0n) is 11.7. The molecule has 0 bridgehead atoms. The minimum absolute atomic E-state index is 0.103. The molecule has 1 aromatic carbocycles. The van der Waals surface area contributed by atoms with Crippen molar-refractivity contribution in [2.24, 2.45) is 0 Å². The Bertz CT molecular complexity index is 360. The second kappa shape index (κ2) is 5.88. The molecule has 0 spiro atoms. The van der Waals surface area contributed by atoms with Crippen LogP contribution in [0.2, 0.25) is 0 Å². The Morgan fingerprint density at radius 3 is 2.12 bits per heavy atom. The van der Waals surface area contributed by atoms with Crippen molar-refractivity contribution >= 4 is 11.6 Å². The van der Waals surface area contributed by atoms with Gasteiger partial charge in [0.1, 0.15) is 0 Å². The van der Waals surface area contributed by atoms with Gasteiger partial charge in [0.2, 0.25) is 0 Å². The lowest BCUT2D eigenvalue weighted by molar-refractivity contribution is 0.375. The maximum Gasteiger partial charge on any atom is 0.0240 e. The molecule has 0 aliphatic carbocycles. The zero-order chi connectivity index (χ0) is 13.1. The lowest BCUT2D eigenvalue weighted by atomic mass is 9.97. The summed E-state index contributed by atoms with van der Waals surface area (Å²) in [7, 11) is 0. The van der Waals surface area contributed by atoms with Gasteiger partial charge in [0.05, 0.1) is 0 Å². The summed E-state index contributed by atoms with van der Waals surface area (Å²) < 4.78 is 0. The van der Waals surface area contributed by atoms with Gasteiger partial charge in [0.25, 0.3) is 0 Å². The largest absolute Gasteiger partial charge is 0.308 e. The van der Waals surface area contributed by atoms with E-state index in [0.717, 1.165) is 13.0 Å². The van der Waals surface area contributed by atoms with E-state index in [2.05, 4.69) is 52.1 Å². The van der Waals surface area contributed by atoms with E-state index in [1.807, 2.05) is 0 Å². The van der Waals surface area contributed by atoms with Crippen LogP contribution >= 0.6 is 11.6 Å². The number of hydrogen-bond donors (Lipinski definition) is 1. The molecule has 0 aliphatic heterocycles. The molecule has 17 heavy (non-hydrogen) atoms. The average Bonchev–Trinajstić information content (AvgIpc) is 2.15. The maximum atomic E-state index is 5.81. The zero-order valence-corrected chi connectivity index (χ0v) is 12.4. The van der Waals surface area contributed by atoms with Crippen molar-refractivity contribution < 1.29 is 0 Å². The number of alkyl halides is 1. The Morgan fingerprint density at radius 2 is 1.65 bits per heavy atom. The van der Waals surface area contributed by atoms with E-state index in [4.69, 9.17) is 11.6 Å². The molecule has 0 unspecified atom stereocenters. The average molecular weight is 254 g/mol. The van der Waals surface area contributed by atoms with E-state index in [-0.39, 0.29) is 5.54 Å². The van der Waals surface area contributed by atoms with E-state index in [1.54, 1.807) is 0 Å². The SMILES string of the molecule is Cc1cc(C)c(CNC(C)(C)CCCl)c(C)c1. The van der Waals surface area contributed by atoms with E-state index in [0.29, 0.717) is 5.88 Å². The molecule has 0 amide bonds. The molecule has 1 nitrogen and oxygen atoms in total. The van der Waals surface area contributed by atoms with Gasteiger partial charge in [-0.2, -0.15) is 0 Å². The normalized spacial score (nSPS) is 11.9. The third-order valence-electron chi connectivity index (χ3n) is 3.30. The van der Waals surface area contributed by atoms with E-state index in [9.17, 15) is 0 Å². The number of aryl methyl sites for hydroxylation is 3. The van der Waals surface area contributed by atoms with Crippen LogP contribution in [0.4, 0.5) is 0 Å². The summed E-state index contributed by atoms with van der Waals surface area (Å²) in [5.41, 5.74) is 5.60. The fraction of sp³-hybridized carbons (Fsp3) is 0.600. The predicted molar refractivity (Wildman–Crippen MR) is 76.9 cm³/mol. The van der Waals surface area contributed by atoms with Gasteiger partial charge < -0.3 is 5.32 Å². The fourth-order valence-electron chi connectivity index (χ4n) is 2.14. The third kappa shape index (κ3) is 4.33. The first kappa shape index (κ1) is 14.5. The van der Waals surface area contributed by atoms with Gasteiger partial charge >= 0.3 is 0 Å². The lowest BCUT2D eigenvalue weighted by Gasteiger charge is -2.26. The maximum absolute atomic E-state index is 5.81. The van der Waals surface area contributed by atoms with Crippen molar-refractivity contribution in [2.45, 2.75) is 53.1 Å². The number of benzene rings is 1. The van der Waals surface area contributed by atoms with Crippen LogP contribution in [0.3, 0.4) is 0 Å². The highest BCUT2D eigenvalue weighted by Gasteiger charge is 2.16. The van der Waals surface area contributed by atoms with E-state index >= 15 is 0 Å². The first-order valence-electron chi connectivity index (χ1n) is 6.23. The number of halogens is 1. The molecule has 2 heteroatoms. The number of nitrogens with one attached hydrogen (secondary N) is 1. The fourth-order valence-corrected chi connectivity index (χ4v) is 2.61. The highest BCUT2D eigenvalue weighted by molar-refractivity contribution is 6.17. The Hall–Kier alpha value is -0.530. The summed E-state index contributed by atoms with van der Waals surface area (Å²) in [5.74, 6) is 0.700. The minimum Gasteiger partial charge on any atom is -0.308 e. The first-order valence-corrected chi connectivity index (χ1v) is 6.77. The van der Waals surface area contributed by atoms with Crippen molar-refractivity contribution in [3.8, 4) is 0 Å². The summed E-state index contributed by atoms with van der Waals surface area (Å²) in [6, 6.07) is 4.50. The van der Waals surface area contributed by atoms with Crippen LogP contribution in [-0.4, -0.2) is 11.4 Å². The summed E-state index contributed by atoms with van der Waals surface area (Å²) in [6.45, 7) is 11.8. The Morgan fingerprint density at radius 1 is 1.12 bits per heavy atom. The molecule has 96 valence electrons. The monoisotopic (exact) mass is 253 g/mol. The Labute approximate surface area is 111 Å². The van der Waals surface area contributed by atoms with Gasteiger partial charge in [-0.3, -0.25) is 0 Å². The molecule has 0 saturated heterocycles. The molecule has 0 aromatic heterocycles. The summed E-state index contributed by atoms with van der Waals surface area (Å²) in [5, 5.41) is 3.59. The van der Waals surface area contributed by atoms with Gasteiger partial charge in [0, 0.05) is 18.0 Å². The van der Waals surface area contributed by atoms with E-state index < -0.39 is 0 Å². The van der Waals surface area contributed by atoms with Gasteiger partial charge in [-0.1, -0.05) is 17.7 Å². The minimum atomic E-state index is 0.103. The Balaban J connectivity index is 2.76. The van der Waals surface area contributed by atoms with Gasteiger partial charge in [-0.15, -0.1) is 11.6 Å². The molecule has 0 aliphatic rings. The standard InChI is InChI=1S/C15H24ClN/c1-11-8-12(2)14(13(3)9-11)10-17-15(4,5)6-7-16/h8-9,17H,6-7,10H2,1-5H3. The van der Waals surface area contributed by atoms with Crippen LogP contribution in [0.5, 0.6) is 0 Å². The van der Waals surface area contributed by atoms with Crippen LogP contribution in [-0.2, 0) is 6.54 Å². The predicted octanol–water partition coefficient (Wildman–Crippen LogP) is 4.11. The molecule has 1 N–H and O–H groups in total. The van der Waals surface area contributed by atoms with Crippen LogP contribution in [0.15, 0.2) is 12.1 Å². The van der Waals surface area contributed by atoms with Crippen LogP contribution < -0.4 is 5.32 Å². The molecular weight excluding hydrogens is 230 g/mol. The quantitative estimate of drug-likeness (QED) is 0.779. The molecule has 0 atom stereocenters. The summed E-state index contributed by atoms with van der Waals surface area (Å²) in [4.78, 5) is 0. The first-order chi connectivity index (χ1) is 7.85. The van der Waals surface area contributed by atoms with Crippen molar-refractivity contribution in [3.05, 3.63) is 34.4 Å². The molecule has 0 fully saturated rings. The molecule has 0 radical (unpaired) electrons. The number of hydrogen-bond acceptors (Lipinski definition) is 1. The van der Waals surface area contributed by atoms with E-state index in [1.165, 1.54) is 22.3 Å².